The lowest BCUT2D eigenvalue weighted by molar-refractivity contribution is -0.167. The second-order valence-electron chi connectivity index (χ2n) is 10.8. The van der Waals surface area contributed by atoms with E-state index in [1.807, 2.05) is 12.1 Å². The number of nitrogens with one attached hydrogen (secondary N) is 2. The first-order valence-corrected chi connectivity index (χ1v) is 12.0. The van der Waals surface area contributed by atoms with Gasteiger partial charge in [0.25, 0.3) is 0 Å². The van der Waals surface area contributed by atoms with E-state index < -0.39 is 5.41 Å². The molecule has 32 heavy (non-hydrogen) atoms. The maximum absolute atomic E-state index is 13.4. The van der Waals surface area contributed by atoms with Crippen LogP contribution in [0.3, 0.4) is 0 Å². The van der Waals surface area contributed by atoms with Gasteiger partial charge in [0, 0.05) is 13.1 Å². The predicted molar refractivity (Wildman–Crippen MR) is 122 cm³/mol. The van der Waals surface area contributed by atoms with Crippen LogP contribution in [-0.2, 0) is 20.9 Å². The van der Waals surface area contributed by atoms with E-state index in [0.717, 1.165) is 44.1 Å². The number of rotatable bonds is 8. The molecule has 6 nitrogen and oxygen atoms in total. The molecule has 0 aliphatic heterocycles. The lowest BCUT2D eigenvalue weighted by Gasteiger charge is -2.60. The van der Waals surface area contributed by atoms with Crippen molar-refractivity contribution < 1.29 is 19.1 Å². The number of hydrogen-bond acceptors (Lipinski definition) is 4. The first-order chi connectivity index (χ1) is 15.2. The third-order valence-corrected chi connectivity index (χ3v) is 7.86. The number of methoxy groups -OCH3 is 1. The van der Waals surface area contributed by atoms with Crippen molar-refractivity contribution in [1.29, 1.82) is 0 Å². The molecule has 4 aliphatic rings. The quantitative estimate of drug-likeness (QED) is 0.602. The van der Waals surface area contributed by atoms with Gasteiger partial charge < -0.3 is 15.4 Å². The van der Waals surface area contributed by atoms with Gasteiger partial charge in [-0.05, 0) is 80.4 Å². The molecular formula is C26H36N2O4. The Kier molecular flexibility index (Phi) is 6.33. The molecular weight excluding hydrogens is 404 g/mol. The number of amides is 2. The van der Waals surface area contributed by atoms with Gasteiger partial charge in [0.05, 0.1) is 23.5 Å². The van der Waals surface area contributed by atoms with Crippen molar-refractivity contribution in [3.63, 3.8) is 0 Å². The highest BCUT2D eigenvalue weighted by Crippen LogP contribution is 2.65. The van der Waals surface area contributed by atoms with E-state index in [4.69, 9.17) is 4.74 Å². The van der Waals surface area contributed by atoms with Crippen molar-refractivity contribution in [3.05, 3.63) is 35.4 Å². The number of carbonyl (C=O) groups is 3. The molecule has 4 fully saturated rings. The van der Waals surface area contributed by atoms with Crippen molar-refractivity contribution in [2.45, 2.75) is 65.3 Å². The SMILES string of the molecule is COC(=O)c1ccc(CNC(=O)C23CC4CC(CC(C(=O)NCCC(C)C)(C4)C2)C3)cc1. The van der Waals surface area contributed by atoms with Crippen LogP contribution in [-0.4, -0.2) is 31.4 Å². The highest BCUT2D eigenvalue weighted by molar-refractivity contribution is 5.89. The van der Waals surface area contributed by atoms with Crippen molar-refractivity contribution >= 4 is 17.8 Å². The first kappa shape index (κ1) is 22.8. The largest absolute Gasteiger partial charge is 0.465 e. The van der Waals surface area contributed by atoms with E-state index >= 15 is 0 Å². The molecule has 174 valence electrons. The molecule has 2 unspecified atom stereocenters. The normalized spacial score (nSPS) is 30.2. The van der Waals surface area contributed by atoms with Crippen molar-refractivity contribution in [3.8, 4) is 0 Å². The fraction of sp³-hybridized carbons (Fsp3) is 0.654. The van der Waals surface area contributed by atoms with Crippen molar-refractivity contribution in [1.82, 2.24) is 10.6 Å². The van der Waals surface area contributed by atoms with Gasteiger partial charge in [0.2, 0.25) is 11.8 Å². The molecule has 2 amide bonds. The van der Waals surface area contributed by atoms with Gasteiger partial charge in [0.15, 0.2) is 0 Å². The summed E-state index contributed by atoms with van der Waals surface area (Å²) in [5, 5.41) is 6.34. The Balaban J connectivity index is 1.42. The van der Waals surface area contributed by atoms with E-state index in [1.54, 1.807) is 12.1 Å². The molecule has 2 N–H and O–H groups in total. The van der Waals surface area contributed by atoms with Gasteiger partial charge in [-0.15, -0.1) is 0 Å². The molecule has 5 rings (SSSR count). The van der Waals surface area contributed by atoms with Crippen LogP contribution in [0.15, 0.2) is 24.3 Å². The van der Waals surface area contributed by atoms with Gasteiger partial charge in [0.1, 0.15) is 0 Å². The minimum absolute atomic E-state index is 0.0861. The number of hydrogen-bond donors (Lipinski definition) is 2. The number of esters is 1. The van der Waals surface area contributed by atoms with Crippen LogP contribution in [0.4, 0.5) is 0 Å². The van der Waals surface area contributed by atoms with Gasteiger partial charge in [-0.3, -0.25) is 9.59 Å². The molecule has 1 aromatic rings. The van der Waals surface area contributed by atoms with Gasteiger partial charge in [-0.1, -0.05) is 26.0 Å². The maximum atomic E-state index is 13.4. The van der Waals surface area contributed by atoms with Crippen LogP contribution < -0.4 is 10.6 Å². The second-order valence-corrected chi connectivity index (χ2v) is 10.8. The number of ether oxygens (including phenoxy) is 1. The molecule has 0 saturated heterocycles. The topological polar surface area (TPSA) is 84.5 Å². The smallest absolute Gasteiger partial charge is 0.337 e. The summed E-state index contributed by atoms with van der Waals surface area (Å²) >= 11 is 0. The van der Waals surface area contributed by atoms with Gasteiger partial charge in [-0.25, -0.2) is 4.79 Å². The zero-order chi connectivity index (χ0) is 22.9. The van der Waals surface area contributed by atoms with Gasteiger partial charge >= 0.3 is 5.97 Å². The highest BCUT2D eigenvalue weighted by Gasteiger charge is 2.62. The zero-order valence-corrected chi connectivity index (χ0v) is 19.5. The fourth-order valence-electron chi connectivity index (χ4n) is 6.70. The summed E-state index contributed by atoms with van der Waals surface area (Å²) in [6, 6.07) is 7.12. The summed E-state index contributed by atoms with van der Waals surface area (Å²) in [6.07, 6.45) is 6.48. The van der Waals surface area contributed by atoms with Crippen LogP contribution in [0.5, 0.6) is 0 Å². The van der Waals surface area contributed by atoms with E-state index in [0.29, 0.717) is 42.8 Å². The number of benzene rings is 1. The Morgan fingerprint density at radius 2 is 1.53 bits per heavy atom. The summed E-state index contributed by atoms with van der Waals surface area (Å²) in [4.78, 5) is 38.3. The van der Waals surface area contributed by atoms with Crippen LogP contribution in [0.1, 0.15) is 74.7 Å². The highest BCUT2D eigenvalue weighted by atomic mass is 16.5. The molecule has 0 aromatic heterocycles. The monoisotopic (exact) mass is 440 g/mol. The molecule has 1 aromatic carbocycles. The minimum Gasteiger partial charge on any atom is -0.465 e. The summed E-state index contributed by atoms with van der Waals surface area (Å²) in [6.45, 7) is 5.47. The third kappa shape index (κ3) is 4.41. The zero-order valence-electron chi connectivity index (χ0n) is 19.5. The molecule has 0 heterocycles. The van der Waals surface area contributed by atoms with Crippen molar-refractivity contribution in [2.75, 3.05) is 13.7 Å². The fourth-order valence-corrected chi connectivity index (χ4v) is 6.70. The van der Waals surface area contributed by atoms with Crippen LogP contribution in [0.25, 0.3) is 0 Å². The average molecular weight is 441 g/mol. The molecule has 0 spiro atoms. The van der Waals surface area contributed by atoms with E-state index in [-0.39, 0.29) is 23.2 Å². The van der Waals surface area contributed by atoms with E-state index in [9.17, 15) is 14.4 Å². The molecule has 4 aliphatic carbocycles. The minimum atomic E-state index is -0.425. The standard InChI is InChI=1S/C26H36N2O4/c1-17(2)8-9-27-23(30)25-11-19-10-20(12-25)14-26(13-19,16-25)24(31)28-15-18-4-6-21(7-5-18)22(29)32-3/h4-7,17,19-20H,8-16H2,1-3H3,(H,27,30)(H,28,31). The summed E-state index contributed by atoms with van der Waals surface area (Å²) in [5.74, 6) is 1.39. The second kappa shape index (κ2) is 8.87. The van der Waals surface area contributed by atoms with Crippen LogP contribution in [0.2, 0.25) is 0 Å². The summed E-state index contributed by atoms with van der Waals surface area (Å²) < 4.78 is 4.74. The Hall–Kier alpha value is -2.37. The molecule has 2 atom stereocenters. The summed E-state index contributed by atoms with van der Waals surface area (Å²) in [5.41, 5.74) is 0.636. The first-order valence-electron chi connectivity index (χ1n) is 12.0. The summed E-state index contributed by atoms with van der Waals surface area (Å²) in [7, 11) is 1.36. The van der Waals surface area contributed by atoms with Crippen LogP contribution in [0, 0.1) is 28.6 Å². The van der Waals surface area contributed by atoms with Crippen LogP contribution >= 0.6 is 0 Å². The molecule has 6 heteroatoms. The Morgan fingerprint density at radius 1 is 0.969 bits per heavy atom. The molecule has 0 radical (unpaired) electrons. The Labute approximate surface area is 190 Å². The average Bonchev–Trinajstić information content (AvgIpc) is 2.76. The Morgan fingerprint density at radius 3 is 2.06 bits per heavy atom. The van der Waals surface area contributed by atoms with E-state index in [1.165, 1.54) is 7.11 Å². The predicted octanol–water partition coefficient (Wildman–Crippen LogP) is 3.84. The molecule has 4 saturated carbocycles. The maximum Gasteiger partial charge on any atom is 0.337 e. The van der Waals surface area contributed by atoms with E-state index in [2.05, 4.69) is 24.5 Å². The van der Waals surface area contributed by atoms with Crippen molar-refractivity contribution in [2.24, 2.45) is 28.6 Å². The Bertz CT molecular complexity index is 862. The lowest BCUT2D eigenvalue weighted by Crippen LogP contribution is -2.61. The number of carbonyl (C=O) groups excluding carboxylic acids is 3. The third-order valence-electron chi connectivity index (χ3n) is 7.86. The lowest BCUT2D eigenvalue weighted by atomic mass is 9.43. The van der Waals surface area contributed by atoms with Gasteiger partial charge in [-0.2, -0.15) is 0 Å². The molecule has 4 bridgehead atoms.